The van der Waals surface area contributed by atoms with Gasteiger partial charge in [-0.3, -0.25) is 28.8 Å². The van der Waals surface area contributed by atoms with Crippen molar-refractivity contribution < 1.29 is 54.0 Å². The number of sulfone groups is 3. The summed E-state index contributed by atoms with van der Waals surface area (Å²) in [6.07, 6.45) is 48.4. The predicted molar refractivity (Wildman–Crippen MR) is 613 cm³/mol. The van der Waals surface area contributed by atoms with Gasteiger partial charge in [0.25, 0.3) is 0 Å². The number of anilines is 6. The van der Waals surface area contributed by atoms with Crippen LogP contribution < -0.4 is 29.4 Å². The van der Waals surface area contributed by atoms with E-state index in [-0.39, 0.29) is 49.4 Å². The van der Waals surface area contributed by atoms with E-state index in [9.17, 15) is 54.0 Å². The van der Waals surface area contributed by atoms with Gasteiger partial charge in [-0.25, -0.2) is 25.3 Å². The lowest BCUT2D eigenvalue weighted by molar-refractivity contribution is 0.103. The second-order valence-electron chi connectivity index (χ2n) is 37.2. The Morgan fingerprint density at radius 3 is 0.565 bits per heavy atom. The molecule has 12 aromatic rings. The van der Waals surface area contributed by atoms with Gasteiger partial charge in [0.1, 0.15) is 0 Å². The summed E-state index contributed by atoms with van der Waals surface area (Å²) in [5.41, 5.74) is 17.0. The normalized spacial score (nSPS) is 15.1. The first-order valence-corrected chi connectivity index (χ1v) is 58.9. The van der Waals surface area contributed by atoms with Crippen LogP contribution in [0.3, 0.4) is 0 Å². The van der Waals surface area contributed by atoms with Gasteiger partial charge in [-0.1, -0.05) is 133 Å². The number of benzene rings is 12. The van der Waals surface area contributed by atoms with Crippen molar-refractivity contribution in [1.29, 1.82) is 0 Å². The van der Waals surface area contributed by atoms with Crippen molar-refractivity contribution in [2.45, 2.75) is 127 Å². The lowest BCUT2D eigenvalue weighted by Gasteiger charge is -2.28. The van der Waals surface area contributed by atoms with Crippen LogP contribution in [0.4, 0.5) is 34.1 Å². The third kappa shape index (κ3) is 35.5. The third-order valence-electron chi connectivity index (χ3n) is 26.3. The van der Waals surface area contributed by atoms with Crippen LogP contribution in [0.1, 0.15) is 198 Å². The SMILES string of the molecule is CS(=O)(=O)c1ccc(C(=O)/C=C/c2ccc(N3CCCC3)cc2)cc1.CS(=O)(=O)c1ccc(C(=O)/C=C/c2ccc(N3CCCCC3)cc2)cc1.CS(=O)(=O)c1ccc(C(=O)/C=C/c2ccc(N3CCCCC3)cc2)cc1.CSc1ccc(C(=O)/C=C/c2ccc(N3CCCCC3)cc2)cc1.CSc1ccc(C(=O)/C=C/c2ccc(N3CCCCC3)cc2)cc1.O=C(/C=C/c1ccc(N2CCCC2)cc1)c1cccc(Cl)c1. The lowest BCUT2D eigenvalue weighted by Crippen LogP contribution is -2.29. The first-order chi connectivity index (χ1) is 71.0. The molecule has 18 rings (SSSR count). The van der Waals surface area contributed by atoms with Crippen LogP contribution in [0.5, 0.6) is 0 Å². The fraction of sp³-hybridized carbons (Fsp3) is 0.268. The lowest BCUT2D eigenvalue weighted by atomic mass is 10.1. The van der Waals surface area contributed by atoms with Crippen LogP contribution in [0, 0.1) is 0 Å². The highest BCUT2D eigenvalue weighted by molar-refractivity contribution is 7.98. The number of carbonyl (C=O) groups excluding carboxylic acids is 6. The molecule has 18 nitrogen and oxygen atoms in total. The van der Waals surface area contributed by atoms with E-state index < -0.39 is 29.5 Å². The number of halogens is 1. The predicted octanol–water partition coefficient (Wildman–Crippen LogP) is 27.0. The minimum atomic E-state index is -3.25. The Morgan fingerprint density at radius 1 is 0.224 bits per heavy atom. The van der Waals surface area contributed by atoms with Crippen molar-refractivity contribution in [3.8, 4) is 0 Å². The summed E-state index contributed by atoms with van der Waals surface area (Å²) in [6, 6.07) is 90.4. The van der Waals surface area contributed by atoms with Crippen LogP contribution >= 0.6 is 35.1 Å². The molecule has 12 aromatic carbocycles. The molecule has 0 aromatic heterocycles. The zero-order chi connectivity index (χ0) is 104. The largest absolute Gasteiger partial charge is 0.372 e. The van der Waals surface area contributed by atoms with Crippen LogP contribution in [0.25, 0.3) is 36.5 Å². The Kier molecular flexibility index (Phi) is 42.3. The quantitative estimate of drug-likeness (QED) is 0.0241. The molecule has 0 amide bonds. The van der Waals surface area contributed by atoms with Crippen molar-refractivity contribution in [2.75, 3.05) is 139 Å². The summed E-state index contributed by atoms with van der Waals surface area (Å²) in [7, 11) is -9.74. The number of allylic oxidation sites excluding steroid dienone is 6. The van der Waals surface area contributed by atoms with E-state index >= 15 is 0 Å². The third-order valence-corrected chi connectivity index (χ3v) is 31.4. The summed E-state index contributed by atoms with van der Waals surface area (Å²) in [5.74, 6) is -0.393. The Morgan fingerprint density at radius 2 is 0.395 bits per heavy atom. The van der Waals surface area contributed by atoms with Gasteiger partial charge in [-0.05, 0) is 391 Å². The highest BCUT2D eigenvalue weighted by Crippen LogP contribution is 2.31. The number of carbonyl (C=O) groups is 6. The van der Waals surface area contributed by atoms with Gasteiger partial charge in [-0.2, -0.15) is 0 Å². The number of rotatable bonds is 29. The van der Waals surface area contributed by atoms with Crippen molar-refractivity contribution in [3.63, 3.8) is 0 Å². The fourth-order valence-electron chi connectivity index (χ4n) is 17.7. The molecule has 0 N–H and O–H groups in total. The monoisotopic (exact) mass is 2080 g/mol. The first-order valence-electron chi connectivity index (χ1n) is 50.4. The second kappa shape index (κ2) is 56.0. The summed E-state index contributed by atoms with van der Waals surface area (Å²) in [4.78, 5) is 90.7. The molecule has 0 spiro atoms. The van der Waals surface area contributed by atoms with Crippen LogP contribution in [-0.2, 0) is 29.5 Å². The standard InChI is InChI=1S/2C21H23NO3S.2C21H23NOS.C20H21NO3S.C19H18ClNO/c2*1-26(24,25)20-12-8-18(9-13-20)21(23)14-7-17-5-10-19(11-6-17)22-15-3-2-4-16-22;2*1-24-20-12-8-18(9-13-20)21(23)14-7-17-5-10-19(11-6-17)22-15-3-2-4-16-22;1-25(23,24)19-11-7-17(8-12-19)20(22)13-6-16-4-9-18(10-5-16)21-14-2-3-15-21;20-17-5-3-4-16(14-17)19(22)11-8-15-6-9-18(10-7-15)21-12-1-2-13-21/h2*5-14H,2-4,15-16H2,1H3;2*5-14H,2-4,15-16H2,1H3;4-13H,2-3,14-15H2,1H3;3-11,14H,1-2,12-13H2/b4*14-7+;13-6+;11-8+. The molecule has 6 heterocycles. The van der Waals surface area contributed by atoms with Crippen molar-refractivity contribution in [1.82, 2.24) is 0 Å². The molecule has 6 fully saturated rings. The zero-order valence-corrected chi connectivity index (χ0v) is 89.3. The Hall–Kier alpha value is -13.3. The van der Waals surface area contributed by atoms with Gasteiger partial charge in [0.15, 0.2) is 64.2 Å². The first kappa shape index (κ1) is 111. The van der Waals surface area contributed by atoms with E-state index in [4.69, 9.17) is 11.6 Å². The maximum absolute atomic E-state index is 12.2. The van der Waals surface area contributed by atoms with Crippen LogP contribution in [-0.4, -0.2) is 170 Å². The molecular formula is C123H131ClN6O12S5. The van der Waals surface area contributed by atoms with E-state index in [1.165, 1.54) is 201 Å². The minimum Gasteiger partial charge on any atom is -0.372 e. The molecule has 24 heteroatoms. The molecule has 0 unspecified atom stereocenters. The van der Waals surface area contributed by atoms with Gasteiger partial charge in [0.2, 0.25) is 0 Å². The highest BCUT2D eigenvalue weighted by atomic mass is 35.5. The minimum absolute atomic E-state index is 0.0360. The highest BCUT2D eigenvalue weighted by Gasteiger charge is 2.20. The van der Waals surface area contributed by atoms with Crippen LogP contribution in [0.2, 0.25) is 5.02 Å². The molecule has 762 valence electrons. The maximum Gasteiger partial charge on any atom is 0.185 e. The molecule has 0 saturated carbocycles. The van der Waals surface area contributed by atoms with Gasteiger partial charge in [-0.15, -0.1) is 23.5 Å². The van der Waals surface area contributed by atoms with Crippen LogP contribution in [0.15, 0.2) is 352 Å². The molecule has 0 aliphatic carbocycles. The topological polar surface area (TPSA) is 224 Å². The van der Waals surface area contributed by atoms with Gasteiger partial charge in [0, 0.05) is 180 Å². The number of nitrogens with zero attached hydrogens (tertiary/aromatic N) is 6. The van der Waals surface area contributed by atoms with Crippen molar-refractivity contribution >= 4 is 170 Å². The number of hydrogen-bond acceptors (Lipinski definition) is 20. The number of piperidine rings is 4. The molecule has 0 radical (unpaired) electrons. The van der Waals surface area contributed by atoms with Gasteiger partial charge < -0.3 is 29.4 Å². The molecule has 0 bridgehead atoms. The number of hydrogen-bond donors (Lipinski definition) is 0. The molecule has 6 aliphatic heterocycles. The average molecular weight is 2080 g/mol. The second-order valence-corrected chi connectivity index (χ2v) is 45.4. The fourth-order valence-corrected chi connectivity index (χ4v) is 20.6. The van der Waals surface area contributed by atoms with E-state index in [2.05, 4.69) is 139 Å². The molecule has 6 aliphatic rings. The van der Waals surface area contributed by atoms with Crippen molar-refractivity contribution in [3.05, 3.63) is 399 Å². The Labute approximate surface area is 882 Å². The molecule has 147 heavy (non-hydrogen) atoms. The number of ketones is 6. The van der Waals surface area contributed by atoms with Crippen molar-refractivity contribution in [2.24, 2.45) is 0 Å². The zero-order valence-electron chi connectivity index (χ0n) is 84.4. The van der Waals surface area contributed by atoms with E-state index in [0.717, 1.165) is 142 Å². The molecule has 0 atom stereocenters. The van der Waals surface area contributed by atoms with Gasteiger partial charge >= 0.3 is 0 Å². The summed E-state index contributed by atoms with van der Waals surface area (Å²) < 4.78 is 68.7. The van der Waals surface area contributed by atoms with Gasteiger partial charge in [0.05, 0.1) is 14.7 Å². The Balaban J connectivity index is 0.000000148. The maximum atomic E-state index is 12.2. The van der Waals surface area contributed by atoms with E-state index in [1.54, 1.807) is 121 Å². The average Bonchev–Trinajstić information content (AvgIpc) is 1.15. The van der Waals surface area contributed by atoms with E-state index in [1.807, 2.05) is 116 Å². The summed E-state index contributed by atoms with van der Waals surface area (Å²) in [6.45, 7) is 13.5. The van der Waals surface area contributed by atoms with E-state index in [0.29, 0.717) is 27.3 Å². The summed E-state index contributed by atoms with van der Waals surface area (Å²) >= 11 is 9.26. The molecule has 6 saturated heterocycles. The molecular weight excluding hydrogens is 1950 g/mol. The number of thioether (sulfide) groups is 2. The smallest absolute Gasteiger partial charge is 0.185 e. The Bertz CT molecular complexity index is 6630. The summed E-state index contributed by atoms with van der Waals surface area (Å²) in [5, 5.41) is 0.578.